The molecule has 0 saturated carbocycles. The van der Waals surface area contributed by atoms with E-state index in [1.807, 2.05) is 32.9 Å². The molecule has 0 bridgehead atoms. The fourth-order valence-electron chi connectivity index (χ4n) is 1.29. The van der Waals surface area contributed by atoms with Gasteiger partial charge in [0.15, 0.2) is 5.75 Å². The van der Waals surface area contributed by atoms with Crippen molar-refractivity contribution in [3.8, 4) is 5.75 Å². The highest BCUT2D eigenvalue weighted by atomic mass is 19.3. The van der Waals surface area contributed by atoms with Gasteiger partial charge in [-0.1, -0.05) is 17.7 Å². The van der Waals surface area contributed by atoms with Gasteiger partial charge < -0.3 is 0 Å². The lowest BCUT2D eigenvalue weighted by Gasteiger charge is -2.04. The fraction of sp³-hybridized carbons (Fsp3) is 0.333. The molecular weight excluding hydrogens is 143 g/mol. The van der Waals surface area contributed by atoms with Crippen LogP contribution in [0.15, 0.2) is 12.1 Å². The van der Waals surface area contributed by atoms with E-state index in [1.54, 1.807) is 0 Å². The summed E-state index contributed by atoms with van der Waals surface area (Å²) in [5.74, 6) is 0.343. The van der Waals surface area contributed by atoms with Gasteiger partial charge >= 0.3 is 0 Å². The van der Waals surface area contributed by atoms with E-state index in [9.17, 15) is 4.53 Å². The molecule has 0 spiro atoms. The number of aryl methyl sites for hydroxylation is 3. The zero-order chi connectivity index (χ0) is 8.43. The third kappa shape index (κ3) is 1.50. The molecule has 0 aromatic heterocycles. The van der Waals surface area contributed by atoms with Crippen LogP contribution in [-0.2, 0) is 0 Å². The largest absolute Gasteiger partial charge is 0.294 e. The first kappa shape index (κ1) is 8.05. The number of hydrogen-bond donors (Lipinski definition) is 0. The first-order valence-electron chi connectivity index (χ1n) is 3.51. The average Bonchev–Trinajstić information content (AvgIpc) is 1.85. The lowest BCUT2D eigenvalue weighted by Crippen LogP contribution is -1.88. The molecule has 1 aromatic rings. The predicted molar refractivity (Wildman–Crippen MR) is 42.4 cm³/mol. The van der Waals surface area contributed by atoms with Gasteiger partial charge in [-0.05, 0) is 31.9 Å². The van der Waals surface area contributed by atoms with E-state index < -0.39 is 0 Å². The Morgan fingerprint density at radius 3 is 1.91 bits per heavy atom. The minimum absolute atomic E-state index is 0.343. The van der Waals surface area contributed by atoms with Crippen molar-refractivity contribution in [3.63, 3.8) is 0 Å². The summed E-state index contributed by atoms with van der Waals surface area (Å²) in [5, 5.41) is 0. The second-order valence-electron chi connectivity index (χ2n) is 2.80. The lowest BCUT2D eigenvalue weighted by molar-refractivity contribution is -0.00783. The molecule has 0 aliphatic heterocycles. The maximum Gasteiger partial charge on any atom is 0.177 e. The minimum Gasteiger partial charge on any atom is -0.294 e. The van der Waals surface area contributed by atoms with Crippen LogP contribution in [0.25, 0.3) is 0 Å². The van der Waals surface area contributed by atoms with Crippen LogP contribution in [0.5, 0.6) is 5.75 Å². The molecular formula is C9H11FO. The summed E-state index contributed by atoms with van der Waals surface area (Å²) in [5.41, 5.74) is 2.80. The fourth-order valence-corrected chi connectivity index (χ4v) is 1.29. The monoisotopic (exact) mass is 154 g/mol. The van der Waals surface area contributed by atoms with Gasteiger partial charge in [0.1, 0.15) is 0 Å². The van der Waals surface area contributed by atoms with Gasteiger partial charge in [0.25, 0.3) is 0 Å². The van der Waals surface area contributed by atoms with Crippen molar-refractivity contribution in [2.45, 2.75) is 20.8 Å². The number of hydrogen-bond acceptors (Lipinski definition) is 1. The highest BCUT2D eigenvalue weighted by molar-refractivity contribution is 5.42. The molecule has 0 amide bonds. The van der Waals surface area contributed by atoms with Crippen molar-refractivity contribution in [1.29, 1.82) is 0 Å². The second-order valence-corrected chi connectivity index (χ2v) is 2.80. The summed E-state index contributed by atoms with van der Waals surface area (Å²) < 4.78 is 11.9. The molecule has 60 valence electrons. The lowest BCUT2D eigenvalue weighted by atomic mass is 10.1. The van der Waals surface area contributed by atoms with Crippen LogP contribution in [0.4, 0.5) is 4.53 Å². The molecule has 1 aromatic carbocycles. The smallest absolute Gasteiger partial charge is 0.177 e. The Labute approximate surface area is 65.7 Å². The zero-order valence-electron chi connectivity index (χ0n) is 6.94. The Morgan fingerprint density at radius 1 is 1.09 bits per heavy atom. The van der Waals surface area contributed by atoms with Crippen molar-refractivity contribution >= 4 is 0 Å². The average molecular weight is 154 g/mol. The summed E-state index contributed by atoms with van der Waals surface area (Å²) in [7, 11) is 0. The van der Waals surface area contributed by atoms with Crippen LogP contribution in [0, 0.1) is 20.8 Å². The van der Waals surface area contributed by atoms with Crippen LogP contribution in [0.1, 0.15) is 16.7 Å². The summed E-state index contributed by atoms with van der Waals surface area (Å²) >= 11 is 0. The highest BCUT2D eigenvalue weighted by Gasteiger charge is 2.04. The molecule has 1 nitrogen and oxygen atoms in total. The van der Waals surface area contributed by atoms with E-state index >= 15 is 0 Å². The van der Waals surface area contributed by atoms with Crippen LogP contribution in [0.3, 0.4) is 0 Å². The Morgan fingerprint density at radius 2 is 1.55 bits per heavy atom. The Hall–Kier alpha value is -1.05. The van der Waals surface area contributed by atoms with Crippen LogP contribution < -0.4 is 4.94 Å². The Bertz CT molecular complexity index is 245. The summed E-state index contributed by atoms with van der Waals surface area (Å²) in [6, 6.07) is 3.78. The number of rotatable bonds is 1. The van der Waals surface area contributed by atoms with Crippen LogP contribution in [0.2, 0.25) is 0 Å². The van der Waals surface area contributed by atoms with E-state index in [0.29, 0.717) is 5.75 Å². The molecule has 0 aliphatic carbocycles. The maximum atomic E-state index is 11.9. The standard InChI is InChI=1S/C9H11FO/c1-6-4-7(2)9(11-10)8(3)5-6/h4-5H,1-3H3. The zero-order valence-corrected chi connectivity index (χ0v) is 6.94. The van der Waals surface area contributed by atoms with Gasteiger partial charge in [-0.25, -0.2) is 0 Å². The van der Waals surface area contributed by atoms with Crippen LogP contribution >= 0.6 is 0 Å². The molecule has 0 fully saturated rings. The van der Waals surface area contributed by atoms with E-state index in [1.165, 1.54) is 0 Å². The van der Waals surface area contributed by atoms with E-state index in [-0.39, 0.29) is 0 Å². The predicted octanol–water partition coefficient (Wildman–Crippen LogP) is 2.88. The third-order valence-electron chi connectivity index (χ3n) is 1.68. The van der Waals surface area contributed by atoms with Crippen molar-refractivity contribution in [2.24, 2.45) is 0 Å². The maximum absolute atomic E-state index is 11.9. The van der Waals surface area contributed by atoms with Gasteiger partial charge in [-0.3, -0.25) is 4.94 Å². The second kappa shape index (κ2) is 2.91. The van der Waals surface area contributed by atoms with Crippen molar-refractivity contribution in [2.75, 3.05) is 0 Å². The number of benzene rings is 1. The molecule has 0 unspecified atom stereocenters. The Balaban J connectivity index is 3.25. The van der Waals surface area contributed by atoms with Gasteiger partial charge in [0.05, 0.1) is 0 Å². The quantitative estimate of drug-likeness (QED) is 0.604. The van der Waals surface area contributed by atoms with E-state index in [4.69, 9.17) is 0 Å². The third-order valence-corrected chi connectivity index (χ3v) is 1.68. The van der Waals surface area contributed by atoms with Crippen molar-refractivity contribution < 1.29 is 9.47 Å². The van der Waals surface area contributed by atoms with Crippen molar-refractivity contribution in [3.05, 3.63) is 28.8 Å². The molecule has 0 radical (unpaired) electrons. The topological polar surface area (TPSA) is 9.23 Å². The molecule has 0 aliphatic rings. The Kier molecular flexibility index (Phi) is 2.13. The molecule has 0 atom stereocenters. The van der Waals surface area contributed by atoms with E-state index in [0.717, 1.165) is 16.7 Å². The molecule has 0 saturated heterocycles. The number of halogens is 1. The van der Waals surface area contributed by atoms with E-state index in [2.05, 4.69) is 4.94 Å². The molecule has 1 rings (SSSR count). The molecule has 0 N–H and O–H groups in total. The van der Waals surface area contributed by atoms with Crippen molar-refractivity contribution in [1.82, 2.24) is 0 Å². The highest BCUT2D eigenvalue weighted by Crippen LogP contribution is 2.24. The first-order valence-corrected chi connectivity index (χ1v) is 3.51. The van der Waals surface area contributed by atoms with Gasteiger partial charge in [0.2, 0.25) is 0 Å². The summed E-state index contributed by atoms with van der Waals surface area (Å²) in [6.07, 6.45) is 0. The molecule has 2 heteroatoms. The SMILES string of the molecule is Cc1cc(C)c(OF)c(C)c1. The van der Waals surface area contributed by atoms with Gasteiger partial charge in [-0.2, -0.15) is 0 Å². The summed E-state index contributed by atoms with van der Waals surface area (Å²) in [6.45, 7) is 5.63. The molecule has 11 heavy (non-hydrogen) atoms. The van der Waals surface area contributed by atoms with Crippen LogP contribution in [-0.4, -0.2) is 0 Å². The summed E-state index contributed by atoms with van der Waals surface area (Å²) in [4.78, 5) is 3.73. The van der Waals surface area contributed by atoms with Gasteiger partial charge in [0, 0.05) is 4.53 Å². The minimum atomic E-state index is 0.343. The first-order chi connectivity index (χ1) is 5.15. The normalized spacial score (nSPS) is 9.82. The molecule has 0 heterocycles. The van der Waals surface area contributed by atoms with Gasteiger partial charge in [-0.15, -0.1) is 0 Å².